The summed E-state index contributed by atoms with van der Waals surface area (Å²) in [6.07, 6.45) is 2.53. The number of fused-ring (bicyclic) bond motifs is 1. The van der Waals surface area contributed by atoms with Gasteiger partial charge in [-0.05, 0) is 12.1 Å². The van der Waals surface area contributed by atoms with E-state index in [0.717, 1.165) is 0 Å². The van der Waals surface area contributed by atoms with Crippen molar-refractivity contribution in [3.05, 3.63) is 52.6 Å². The van der Waals surface area contributed by atoms with Crippen LogP contribution in [0.1, 0.15) is 10.4 Å². The van der Waals surface area contributed by atoms with Crippen molar-refractivity contribution in [1.82, 2.24) is 24.6 Å². The second-order valence-corrected chi connectivity index (χ2v) is 3.93. The van der Waals surface area contributed by atoms with Crippen molar-refractivity contribution < 1.29 is 9.72 Å². The maximum Gasteiger partial charge on any atom is 0.269 e. The van der Waals surface area contributed by atoms with Crippen LogP contribution in [0.5, 0.6) is 0 Å². The number of rotatable bonds is 3. The number of hydrogen-bond donors (Lipinski definition) is 1. The summed E-state index contributed by atoms with van der Waals surface area (Å²) in [5, 5.41) is 17.0. The summed E-state index contributed by atoms with van der Waals surface area (Å²) in [5.41, 5.74) is 0.166. The van der Waals surface area contributed by atoms with Gasteiger partial charge in [-0.25, -0.2) is 4.98 Å². The summed E-state index contributed by atoms with van der Waals surface area (Å²) in [6.45, 7) is 0. The predicted molar refractivity (Wildman–Crippen MR) is 69.6 cm³/mol. The average molecular weight is 285 g/mol. The van der Waals surface area contributed by atoms with Crippen molar-refractivity contribution in [2.45, 2.75) is 0 Å². The minimum atomic E-state index is -0.537. The fraction of sp³-hybridized carbons (Fsp3) is 0. The van der Waals surface area contributed by atoms with Crippen LogP contribution in [-0.4, -0.2) is 35.4 Å². The molecule has 10 nitrogen and oxygen atoms in total. The number of carbonyl (C=O) groups is 1. The lowest BCUT2D eigenvalue weighted by molar-refractivity contribution is -0.384. The highest BCUT2D eigenvalue weighted by Crippen LogP contribution is 2.13. The van der Waals surface area contributed by atoms with Crippen LogP contribution in [0.3, 0.4) is 0 Å². The number of nitro groups is 1. The van der Waals surface area contributed by atoms with Gasteiger partial charge in [0.1, 0.15) is 12.7 Å². The van der Waals surface area contributed by atoms with Gasteiger partial charge in [0.25, 0.3) is 17.4 Å². The number of carbonyl (C=O) groups excluding carboxylic acids is 1. The molecule has 10 heteroatoms. The Morgan fingerprint density at radius 2 is 1.86 bits per heavy atom. The van der Waals surface area contributed by atoms with Gasteiger partial charge in [0, 0.05) is 17.7 Å². The number of anilines is 1. The molecule has 3 rings (SSSR count). The minimum Gasteiger partial charge on any atom is -0.290 e. The summed E-state index contributed by atoms with van der Waals surface area (Å²) >= 11 is 0. The molecule has 2 heterocycles. The number of amides is 1. The van der Waals surface area contributed by atoms with E-state index in [-0.39, 0.29) is 17.2 Å². The second kappa shape index (κ2) is 4.92. The first kappa shape index (κ1) is 12.6. The summed E-state index contributed by atoms with van der Waals surface area (Å²) in [7, 11) is 0. The van der Waals surface area contributed by atoms with E-state index in [1.807, 2.05) is 0 Å². The molecule has 0 fully saturated rings. The maximum absolute atomic E-state index is 12.1. The first-order chi connectivity index (χ1) is 10.1. The molecule has 2 aromatic heterocycles. The highest BCUT2D eigenvalue weighted by molar-refractivity contribution is 6.03. The van der Waals surface area contributed by atoms with Gasteiger partial charge in [-0.2, -0.15) is 19.6 Å². The zero-order valence-electron chi connectivity index (χ0n) is 10.4. The first-order valence-electron chi connectivity index (χ1n) is 5.72. The zero-order valence-corrected chi connectivity index (χ0v) is 10.4. The monoisotopic (exact) mass is 285 g/mol. The lowest BCUT2D eigenvalue weighted by atomic mass is 10.2. The number of aromatic nitrogens is 5. The SMILES string of the molecule is O=C(Nc1ncnc2ncnn12)c1ccc([N+](=O)[O-])cc1. The van der Waals surface area contributed by atoms with Gasteiger partial charge in [0.15, 0.2) is 0 Å². The first-order valence-corrected chi connectivity index (χ1v) is 5.72. The molecule has 0 aliphatic heterocycles. The van der Waals surface area contributed by atoms with E-state index in [9.17, 15) is 14.9 Å². The minimum absolute atomic E-state index is 0.0905. The molecule has 0 bridgehead atoms. The van der Waals surface area contributed by atoms with Gasteiger partial charge < -0.3 is 0 Å². The number of nitro benzene ring substituents is 1. The molecule has 0 aliphatic rings. The van der Waals surface area contributed by atoms with Crippen LogP contribution >= 0.6 is 0 Å². The van der Waals surface area contributed by atoms with Gasteiger partial charge in [-0.1, -0.05) is 0 Å². The Kier molecular flexibility index (Phi) is 2.95. The third-order valence-electron chi connectivity index (χ3n) is 2.65. The Hall–Kier alpha value is -3.43. The van der Waals surface area contributed by atoms with Gasteiger partial charge in [-0.3, -0.25) is 20.2 Å². The third kappa shape index (κ3) is 2.36. The number of hydrogen-bond acceptors (Lipinski definition) is 7. The lowest BCUT2D eigenvalue weighted by Crippen LogP contribution is -2.16. The summed E-state index contributed by atoms with van der Waals surface area (Å²) in [4.78, 5) is 33.7. The van der Waals surface area contributed by atoms with E-state index in [1.165, 1.54) is 41.4 Å². The highest BCUT2D eigenvalue weighted by Gasteiger charge is 2.12. The van der Waals surface area contributed by atoms with Crippen LogP contribution in [0, 0.1) is 10.1 Å². The highest BCUT2D eigenvalue weighted by atomic mass is 16.6. The van der Waals surface area contributed by atoms with E-state index in [2.05, 4.69) is 25.4 Å². The van der Waals surface area contributed by atoms with Crippen molar-refractivity contribution in [2.24, 2.45) is 0 Å². The largest absolute Gasteiger partial charge is 0.290 e. The Morgan fingerprint density at radius 1 is 1.14 bits per heavy atom. The summed E-state index contributed by atoms with van der Waals surface area (Å²) < 4.78 is 1.27. The Morgan fingerprint density at radius 3 is 2.57 bits per heavy atom. The fourth-order valence-electron chi connectivity index (χ4n) is 1.66. The van der Waals surface area contributed by atoms with Crippen LogP contribution in [0.4, 0.5) is 11.6 Å². The molecule has 0 atom stereocenters. The zero-order chi connectivity index (χ0) is 14.8. The van der Waals surface area contributed by atoms with Crippen LogP contribution < -0.4 is 5.32 Å². The van der Waals surface area contributed by atoms with Gasteiger partial charge in [-0.15, -0.1) is 0 Å². The van der Waals surface area contributed by atoms with E-state index >= 15 is 0 Å². The summed E-state index contributed by atoms with van der Waals surface area (Å²) in [5.74, 6) is -0.0229. The Bertz CT molecular complexity index is 827. The Labute approximate surface area is 116 Å². The lowest BCUT2D eigenvalue weighted by Gasteiger charge is -2.04. The quantitative estimate of drug-likeness (QED) is 0.553. The molecule has 1 amide bonds. The predicted octanol–water partition coefficient (Wildman–Crippen LogP) is 0.680. The van der Waals surface area contributed by atoms with Crippen LogP contribution in [0.15, 0.2) is 36.9 Å². The molecular formula is C11H7N7O3. The molecule has 104 valence electrons. The normalized spacial score (nSPS) is 10.5. The fourth-order valence-corrected chi connectivity index (χ4v) is 1.66. The van der Waals surface area contributed by atoms with E-state index in [0.29, 0.717) is 5.78 Å². The van der Waals surface area contributed by atoms with E-state index in [1.54, 1.807) is 0 Å². The maximum atomic E-state index is 12.1. The smallest absolute Gasteiger partial charge is 0.269 e. The van der Waals surface area contributed by atoms with E-state index < -0.39 is 10.8 Å². The molecule has 3 aromatic rings. The average Bonchev–Trinajstić information content (AvgIpc) is 2.97. The van der Waals surface area contributed by atoms with Crippen LogP contribution in [0.2, 0.25) is 0 Å². The molecule has 0 saturated heterocycles. The number of nitrogens with zero attached hydrogens (tertiary/aromatic N) is 6. The van der Waals surface area contributed by atoms with Crippen molar-refractivity contribution in [3.8, 4) is 0 Å². The second-order valence-electron chi connectivity index (χ2n) is 3.93. The van der Waals surface area contributed by atoms with Crippen molar-refractivity contribution in [1.29, 1.82) is 0 Å². The molecule has 1 aromatic carbocycles. The number of nitrogens with one attached hydrogen (secondary N) is 1. The number of non-ortho nitro benzene ring substituents is 1. The van der Waals surface area contributed by atoms with E-state index in [4.69, 9.17) is 0 Å². The van der Waals surface area contributed by atoms with Crippen molar-refractivity contribution in [3.63, 3.8) is 0 Å². The molecule has 0 spiro atoms. The van der Waals surface area contributed by atoms with Gasteiger partial charge >= 0.3 is 0 Å². The summed E-state index contributed by atoms with van der Waals surface area (Å²) in [6, 6.07) is 5.21. The standard InChI is InChI=1S/C11H7N7O3/c19-9(7-1-3-8(4-2-7)18(20)21)16-11-13-5-12-10-14-6-15-17(10)11/h1-6H,(H,12,13,14,15,16,19). The number of benzene rings is 1. The molecule has 0 saturated carbocycles. The molecule has 0 unspecified atom stereocenters. The molecule has 21 heavy (non-hydrogen) atoms. The molecule has 0 aliphatic carbocycles. The Balaban J connectivity index is 1.86. The van der Waals surface area contributed by atoms with Crippen molar-refractivity contribution in [2.75, 3.05) is 5.32 Å². The van der Waals surface area contributed by atoms with Crippen LogP contribution in [0.25, 0.3) is 5.78 Å². The third-order valence-corrected chi connectivity index (χ3v) is 2.65. The van der Waals surface area contributed by atoms with Crippen molar-refractivity contribution >= 4 is 23.3 Å². The van der Waals surface area contributed by atoms with Gasteiger partial charge in [0.2, 0.25) is 5.95 Å². The molecule has 1 N–H and O–H groups in total. The molecular weight excluding hydrogens is 278 g/mol. The van der Waals surface area contributed by atoms with Crippen LogP contribution in [-0.2, 0) is 0 Å². The topological polar surface area (TPSA) is 128 Å². The van der Waals surface area contributed by atoms with Gasteiger partial charge in [0.05, 0.1) is 4.92 Å². The molecule has 0 radical (unpaired) electrons.